The van der Waals surface area contributed by atoms with Gasteiger partial charge in [0, 0.05) is 6.54 Å². The first kappa shape index (κ1) is 15.2. The number of hydrogen-bond donors (Lipinski definition) is 3. The molecular weight excluding hydrogens is 230 g/mol. The highest BCUT2D eigenvalue weighted by molar-refractivity contribution is 5.87. The zero-order valence-corrected chi connectivity index (χ0v) is 10.4. The van der Waals surface area contributed by atoms with Crippen LogP contribution < -0.4 is 16.0 Å². The maximum Gasteiger partial charge on any atom is 0.239 e. The van der Waals surface area contributed by atoms with Crippen LogP contribution in [-0.2, 0) is 9.59 Å². The first-order valence-electron chi connectivity index (χ1n) is 5.52. The third-order valence-corrected chi connectivity index (χ3v) is 2.37. The first-order valence-corrected chi connectivity index (χ1v) is 5.52. The third kappa shape index (κ3) is 5.32. The summed E-state index contributed by atoms with van der Waals surface area (Å²) in [4.78, 5) is 22.6. The minimum Gasteiger partial charge on any atom is -0.355 e. The molecule has 0 saturated carbocycles. The standard InChI is InChI=1S/C10H19N3O2.ClH/c1-2-5-12-9(14)7-13-10(15)8-4-3-6-11-8;/h8,11H,2-7H2,1H3,(H,12,14)(H,13,15);1H/t8-;/m0./s1. The monoisotopic (exact) mass is 249 g/mol. The summed E-state index contributed by atoms with van der Waals surface area (Å²) in [5, 5.41) is 8.40. The lowest BCUT2D eigenvalue weighted by Gasteiger charge is -2.10. The normalized spacial score (nSPS) is 18.7. The van der Waals surface area contributed by atoms with Crippen LogP contribution in [-0.4, -0.2) is 37.5 Å². The molecule has 16 heavy (non-hydrogen) atoms. The molecule has 1 atom stereocenters. The van der Waals surface area contributed by atoms with Gasteiger partial charge in [0.25, 0.3) is 0 Å². The van der Waals surface area contributed by atoms with Crippen LogP contribution in [0.25, 0.3) is 0 Å². The van der Waals surface area contributed by atoms with Gasteiger partial charge in [0.05, 0.1) is 12.6 Å². The van der Waals surface area contributed by atoms with Gasteiger partial charge in [-0.3, -0.25) is 9.59 Å². The number of halogens is 1. The lowest BCUT2D eigenvalue weighted by Crippen LogP contribution is -2.44. The van der Waals surface area contributed by atoms with Crippen molar-refractivity contribution in [2.75, 3.05) is 19.6 Å². The fourth-order valence-electron chi connectivity index (χ4n) is 1.53. The second-order valence-corrected chi connectivity index (χ2v) is 3.72. The summed E-state index contributed by atoms with van der Waals surface area (Å²) in [6, 6.07) is -0.107. The van der Waals surface area contributed by atoms with E-state index in [-0.39, 0.29) is 36.8 Å². The van der Waals surface area contributed by atoms with Crippen LogP contribution in [0.15, 0.2) is 0 Å². The van der Waals surface area contributed by atoms with Crippen LogP contribution in [0.3, 0.4) is 0 Å². The van der Waals surface area contributed by atoms with E-state index >= 15 is 0 Å². The molecule has 3 N–H and O–H groups in total. The van der Waals surface area contributed by atoms with E-state index in [1.807, 2.05) is 6.92 Å². The third-order valence-electron chi connectivity index (χ3n) is 2.37. The first-order chi connectivity index (χ1) is 7.24. The molecule has 0 bridgehead atoms. The molecule has 1 rings (SSSR count). The van der Waals surface area contributed by atoms with Gasteiger partial charge in [-0.25, -0.2) is 0 Å². The molecule has 0 aliphatic carbocycles. The molecule has 0 spiro atoms. The van der Waals surface area contributed by atoms with Gasteiger partial charge >= 0.3 is 0 Å². The fourth-order valence-corrected chi connectivity index (χ4v) is 1.53. The predicted octanol–water partition coefficient (Wildman–Crippen LogP) is -0.197. The molecule has 94 valence electrons. The SMILES string of the molecule is CCCNC(=O)CNC(=O)[C@@H]1CCCN1.Cl. The molecule has 5 nitrogen and oxygen atoms in total. The van der Waals surface area contributed by atoms with Crippen molar-refractivity contribution in [3.63, 3.8) is 0 Å². The molecule has 1 saturated heterocycles. The Hall–Kier alpha value is -0.810. The Kier molecular flexibility index (Phi) is 7.93. The summed E-state index contributed by atoms with van der Waals surface area (Å²) < 4.78 is 0. The van der Waals surface area contributed by atoms with E-state index < -0.39 is 0 Å². The van der Waals surface area contributed by atoms with Crippen LogP contribution in [0.2, 0.25) is 0 Å². The Labute approximate surface area is 102 Å². The van der Waals surface area contributed by atoms with Crippen LogP contribution in [0.5, 0.6) is 0 Å². The van der Waals surface area contributed by atoms with Crippen LogP contribution >= 0.6 is 12.4 Å². The number of amides is 2. The summed E-state index contributed by atoms with van der Waals surface area (Å²) in [6.07, 6.45) is 2.80. The Bertz CT molecular complexity index is 230. The Balaban J connectivity index is 0.00000225. The highest BCUT2D eigenvalue weighted by Crippen LogP contribution is 2.03. The number of hydrogen-bond acceptors (Lipinski definition) is 3. The average molecular weight is 250 g/mol. The van der Waals surface area contributed by atoms with Crippen molar-refractivity contribution < 1.29 is 9.59 Å². The molecule has 6 heteroatoms. The van der Waals surface area contributed by atoms with E-state index in [1.54, 1.807) is 0 Å². The van der Waals surface area contributed by atoms with Crippen molar-refractivity contribution in [1.82, 2.24) is 16.0 Å². The minimum atomic E-state index is -0.122. The predicted molar refractivity (Wildman–Crippen MR) is 64.6 cm³/mol. The maximum absolute atomic E-state index is 11.5. The summed E-state index contributed by atoms with van der Waals surface area (Å²) in [5.41, 5.74) is 0. The Morgan fingerprint density at radius 1 is 1.38 bits per heavy atom. The Morgan fingerprint density at radius 2 is 2.12 bits per heavy atom. The van der Waals surface area contributed by atoms with Crippen molar-refractivity contribution in [3.8, 4) is 0 Å². The van der Waals surface area contributed by atoms with E-state index in [0.29, 0.717) is 6.54 Å². The van der Waals surface area contributed by atoms with E-state index in [1.165, 1.54) is 0 Å². The Morgan fingerprint density at radius 3 is 2.69 bits per heavy atom. The molecule has 0 aromatic heterocycles. The molecule has 1 aliphatic heterocycles. The van der Waals surface area contributed by atoms with E-state index in [9.17, 15) is 9.59 Å². The van der Waals surface area contributed by atoms with Gasteiger partial charge in [-0.15, -0.1) is 12.4 Å². The fraction of sp³-hybridized carbons (Fsp3) is 0.800. The molecule has 0 radical (unpaired) electrons. The maximum atomic E-state index is 11.5. The van der Waals surface area contributed by atoms with Crippen molar-refractivity contribution in [3.05, 3.63) is 0 Å². The molecule has 2 amide bonds. The van der Waals surface area contributed by atoms with Gasteiger partial charge in [0.15, 0.2) is 0 Å². The quantitative estimate of drug-likeness (QED) is 0.632. The van der Waals surface area contributed by atoms with Crippen LogP contribution in [0.1, 0.15) is 26.2 Å². The summed E-state index contributed by atoms with van der Waals surface area (Å²) in [6.45, 7) is 3.62. The van der Waals surface area contributed by atoms with Gasteiger partial charge in [0.1, 0.15) is 0 Å². The number of nitrogens with one attached hydrogen (secondary N) is 3. The summed E-state index contributed by atoms with van der Waals surface area (Å²) >= 11 is 0. The van der Waals surface area contributed by atoms with E-state index in [0.717, 1.165) is 25.8 Å². The minimum absolute atomic E-state index is 0. The largest absolute Gasteiger partial charge is 0.355 e. The van der Waals surface area contributed by atoms with Crippen molar-refractivity contribution in [1.29, 1.82) is 0 Å². The average Bonchev–Trinajstić information content (AvgIpc) is 2.76. The zero-order chi connectivity index (χ0) is 11.1. The smallest absolute Gasteiger partial charge is 0.239 e. The van der Waals surface area contributed by atoms with Gasteiger partial charge in [-0.2, -0.15) is 0 Å². The van der Waals surface area contributed by atoms with Crippen molar-refractivity contribution in [2.24, 2.45) is 0 Å². The summed E-state index contributed by atoms with van der Waals surface area (Å²) in [5.74, 6) is -0.192. The number of carbonyl (C=O) groups is 2. The second-order valence-electron chi connectivity index (χ2n) is 3.72. The lowest BCUT2D eigenvalue weighted by atomic mass is 10.2. The highest BCUT2D eigenvalue weighted by Gasteiger charge is 2.21. The molecule has 0 aromatic carbocycles. The molecule has 0 unspecified atom stereocenters. The molecule has 0 aromatic rings. The molecular formula is C10H20ClN3O2. The number of carbonyl (C=O) groups excluding carboxylic acids is 2. The molecule has 1 aliphatic rings. The molecule has 1 heterocycles. The van der Waals surface area contributed by atoms with Crippen molar-refractivity contribution >= 4 is 24.2 Å². The van der Waals surface area contributed by atoms with Crippen LogP contribution in [0, 0.1) is 0 Å². The topological polar surface area (TPSA) is 70.2 Å². The zero-order valence-electron chi connectivity index (χ0n) is 9.54. The van der Waals surface area contributed by atoms with Gasteiger partial charge < -0.3 is 16.0 Å². The van der Waals surface area contributed by atoms with Gasteiger partial charge in [-0.1, -0.05) is 6.92 Å². The van der Waals surface area contributed by atoms with Crippen LogP contribution in [0.4, 0.5) is 0 Å². The summed E-state index contributed by atoms with van der Waals surface area (Å²) in [7, 11) is 0. The number of rotatable bonds is 5. The van der Waals surface area contributed by atoms with Gasteiger partial charge in [-0.05, 0) is 25.8 Å². The highest BCUT2D eigenvalue weighted by atomic mass is 35.5. The van der Waals surface area contributed by atoms with Crippen molar-refractivity contribution in [2.45, 2.75) is 32.2 Å². The second kappa shape index (κ2) is 8.35. The lowest BCUT2D eigenvalue weighted by molar-refractivity contribution is -0.127. The molecule has 1 fully saturated rings. The van der Waals surface area contributed by atoms with E-state index in [2.05, 4.69) is 16.0 Å². The van der Waals surface area contributed by atoms with Gasteiger partial charge in [0.2, 0.25) is 11.8 Å². The van der Waals surface area contributed by atoms with E-state index in [4.69, 9.17) is 0 Å².